The topological polar surface area (TPSA) is 23.5 Å². The third-order valence-electron chi connectivity index (χ3n) is 2.69. The molecule has 0 saturated heterocycles. The standard InChI is InChI=1S/C11H17NO/c1-11(9-13,12(2)3)10-7-5-4-6-8-10/h4-8,13H,9H2,1-3H3/t11-/m0/s1. The number of hydrogen-bond donors (Lipinski definition) is 1. The number of hydrogen-bond acceptors (Lipinski definition) is 2. The lowest BCUT2D eigenvalue weighted by molar-refractivity contribution is 0.0826. The first-order valence-corrected chi connectivity index (χ1v) is 4.45. The number of aliphatic hydroxyl groups excluding tert-OH is 1. The van der Waals surface area contributed by atoms with E-state index in [1.165, 1.54) is 0 Å². The van der Waals surface area contributed by atoms with Crippen LogP contribution in [0.5, 0.6) is 0 Å². The van der Waals surface area contributed by atoms with E-state index >= 15 is 0 Å². The second kappa shape index (κ2) is 3.90. The minimum Gasteiger partial charge on any atom is -0.394 e. The van der Waals surface area contributed by atoms with Crippen molar-refractivity contribution < 1.29 is 5.11 Å². The molecule has 0 bridgehead atoms. The third kappa shape index (κ3) is 1.90. The molecule has 2 nitrogen and oxygen atoms in total. The van der Waals surface area contributed by atoms with Gasteiger partial charge in [-0.15, -0.1) is 0 Å². The highest BCUT2D eigenvalue weighted by molar-refractivity contribution is 5.23. The van der Waals surface area contributed by atoms with Crippen molar-refractivity contribution >= 4 is 0 Å². The monoisotopic (exact) mass is 179 g/mol. The molecule has 2 heteroatoms. The Bertz CT molecular complexity index is 258. The quantitative estimate of drug-likeness (QED) is 0.759. The Kier molecular flexibility index (Phi) is 3.07. The fourth-order valence-corrected chi connectivity index (χ4v) is 1.29. The van der Waals surface area contributed by atoms with Crippen LogP contribution in [0.15, 0.2) is 30.3 Å². The molecule has 13 heavy (non-hydrogen) atoms. The summed E-state index contributed by atoms with van der Waals surface area (Å²) < 4.78 is 0. The minimum absolute atomic E-state index is 0.129. The Morgan fingerprint density at radius 1 is 1.23 bits per heavy atom. The van der Waals surface area contributed by atoms with Gasteiger partial charge < -0.3 is 5.11 Å². The van der Waals surface area contributed by atoms with Gasteiger partial charge in [0, 0.05) is 0 Å². The molecule has 0 fully saturated rings. The van der Waals surface area contributed by atoms with E-state index in [9.17, 15) is 5.11 Å². The van der Waals surface area contributed by atoms with Crippen molar-refractivity contribution in [3.8, 4) is 0 Å². The molecule has 1 atom stereocenters. The number of aliphatic hydroxyl groups is 1. The molecule has 1 aromatic carbocycles. The molecule has 0 heterocycles. The molecule has 1 N–H and O–H groups in total. The first kappa shape index (κ1) is 10.2. The van der Waals surface area contributed by atoms with Crippen LogP contribution in [0.4, 0.5) is 0 Å². The Morgan fingerprint density at radius 2 is 1.77 bits per heavy atom. The summed E-state index contributed by atoms with van der Waals surface area (Å²) in [4.78, 5) is 2.03. The molecule has 0 amide bonds. The van der Waals surface area contributed by atoms with Crippen LogP contribution >= 0.6 is 0 Å². The van der Waals surface area contributed by atoms with E-state index in [2.05, 4.69) is 0 Å². The van der Waals surface area contributed by atoms with Gasteiger partial charge in [0.1, 0.15) is 0 Å². The molecule has 1 rings (SSSR count). The van der Waals surface area contributed by atoms with Gasteiger partial charge in [-0.05, 0) is 26.6 Å². The zero-order chi connectivity index (χ0) is 9.90. The van der Waals surface area contributed by atoms with Gasteiger partial charge in [0.2, 0.25) is 0 Å². The smallest absolute Gasteiger partial charge is 0.0660 e. The van der Waals surface area contributed by atoms with Crippen LogP contribution in [-0.2, 0) is 5.54 Å². The predicted octanol–water partition coefficient (Wildman–Crippen LogP) is 1.46. The predicted molar refractivity (Wildman–Crippen MR) is 54.6 cm³/mol. The van der Waals surface area contributed by atoms with Crippen LogP contribution in [0.3, 0.4) is 0 Å². The fourth-order valence-electron chi connectivity index (χ4n) is 1.29. The van der Waals surface area contributed by atoms with Crippen LogP contribution in [0.2, 0.25) is 0 Å². The van der Waals surface area contributed by atoms with E-state index in [0.717, 1.165) is 5.56 Å². The fraction of sp³-hybridized carbons (Fsp3) is 0.455. The van der Waals surface area contributed by atoms with Gasteiger partial charge in [-0.2, -0.15) is 0 Å². The van der Waals surface area contributed by atoms with Gasteiger partial charge in [0.05, 0.1) is 12.1 Å². The molecule has 0 radical (unpaired) electrons. The Morgan fingerprint density at radius 3 is 2.15 bits per heavy atom. The molecule has 0 unspecified atom stereocenters. The summed E-state index contributed by atoms with van der Waals surface area (Å²) in [6.07, 6.45) is 0. The molecular weight excluding hydrogens is 162 g/mol. The van der Waals surface area contributed by atoms with Gasteiger partial charge in [0.15, 0.2) is 0 Å². The largest absolute Gasteiger partial charge is 0.394 e. The van der Waals surface area contributed by atoms with Crippen LogP contribution in [0, 0.1) is 0 Å². The van der Waals surface area contributed by atoms with E-state index in [-0.39, 0.29) is 12.1 Å². The SMILES string of the molecule is CN(C)[C@@](C)(CO)c1ccccc1. The third-order valence-corrected chi connectivity index (χ3v) is 2.69. The molecule has 0 aliphatic rings. The summed E-state index contributed by atoms with van der Waals surface area (Å²) in [6, 6.07) is 10.0. The summed E-state index contributed by atoms with van der Waals surface area (Å²) in [5.41, 5.74) is 0.865. The van der Waals surface area contributed by atoms with Crippen molar-refractivity contribution in [2.75, 3.05) is 20.7 Å². The number of rotatable bonds is 3. The lowest BCUT2D eigenvalue weighted by Crippen LogP contribution is -2.41. The van der Waals surface area contributed by atoms with Crippen molar-refractivity contribution in [2.24, 2.45) is 0 Å². The first-order valence-electron chi connectivity index (χ1n) is 4.45. The zero-order valence-corrected chi connectivity index (χ0v) is 8.49. The van der Waals surface area contributed by atoms with Gasteiger partial charge in [-0.25, -0.2) is 0 Å². The molecule has 1 aromatic rings. The number of benzene rings is 1. The van der Waals surface area contributed by atoms with Crippen molar-refractivity contribution in [3.63, 3.8) is 0 Å². The van der Waals surface area contributed by atoms with Crippen molar-refractivity contribution in [1.29, 1.82) is 0 Å². The summed E-state index contributed by atoms with van der Waals surface area (Å²) in [5, 5.41) is 9.37. The maximum atomic E-state index is 9.37. The van der Waals surface area contributed by atoms with Crippen molar-refractivity contribution in [3.05, 3.63) is 35.9 Å². The van der Waals surface area contributed by atoms with Gasteiger partial charge in [-0.3, -0.25) is 4.90 Å². The molecule has 0 saturated carbocycles. The summed E-state index contributed by atoms with van der Waals surface area (Å²) in [7, 11) is 3.95. The van der Waals surface area contributed by atoms with Crippen molar-refractivity contribution in [2.45, 2.75) is 12.5 Å². The van der Waals surface area contributed by atoms with E-state index in [4.69, 9.17) is 0 Å². The summed E-state index contributed by atoms with van der Waals surface area (Å²) >= 11 is 0. The molecule has 72 valence electrons. The lowest BCUT2D eigenvalue weighted by Gasteiger charge is -2.35. The van der Waals surface area contributed by atoms with E-state index in [1.54, 1.807) is 0 Å². The van der Waals surface area contributed by atoms with Crippen LogP contribution in [0.25, 0.3) is 0 Å². The molecular formula is C11H17NO. The lowest BCUT2D eigenvalue weighted by atomic mass is 9.92. The summed E-state index contributed by atoms with van der Waals surface area (Å²) in [5.74, 6) is 0. The average Bonchev–Trinajstić information content (AvgIpc) is 2.17. The maximum Gasteiger partial charge on any atom is 0.0660 e. The van der Waals surface area contributed by atoms with E-state index < -0.39 is 0 Å². The highest BCUT2D eigenvalue weighted by Crippen LogP contribution is 2.24. The molecule has 0 aliphatic heterocycles. The zero-order valence-electron chi connectivity index (χ0n) is 8.49. The van der Waals surface area contributed by atoms with Gasteiger partial charge >= 0.3 is 0 Å². The highest BCUT2D eigenvalue weighted by atomic mass is 16.3. The molecule has 0 aromatic heterocycles. The Labute approximate surface area is 79.8 Å². The Hall–Kier alpha value is -0.860. The summed E-state index contributed by atoms with van der Waals surface area (Å²) in [6.45, 7) is 2.16. The second-order valence-corrected chi connectivity index (χ2v) is 3.69. The number of nitrogens with zero attached hydrogens (tertiary/aromatic N) is 1. The van der Waals surface area contributed by atoms with Crippen molar-refractivity contribution in [1.82, 2.24) is 4.90 Å². The normalized spacial score (nSPS) is 15.8. The number of likely N-dealkylation sites (N-methyl/N-ethyl adjacent to an activating group) is 1. The average molecular weight is 179 g/mol. The Balaban J connectivity index is 3.03. The van der Waals surface area contributed by atoms with Crippen LogP contribution < -0.4 is 0 Å². The van der Waals surface area contributed by atoms with E-state index in [0.29, 0.717) is 0 Å². The van der Waals surface area contributed by atoms with Crippen LogP contribution in [-0.4, -0.2) is 30.7 Å². The first-order chi connectivity index (χ1) is 6.11. The van der Waals surface area contributed by atoms with Gasteiger partial charge in [0.25, 0.3) is 0 Å². The molecule has 0 aliphatic carbocycles. The second-order valence-electron chi connectivity index (χ2n) is 3.69. The van der Waals surface area contributed by atoms with Crippen LogP contribution in [0.1, 0.15) is 12.5 Å². The maximum absolute atomic E-state index is 9.37. The van der Waals surface area contributed by atoms with Gasteiger partial charge in [-0.1, -0.05) is 30.3 Å². The molecule has 0 spiro atoms. The highest BCUT2D eigenvalue weighted by Gasteiger charge is 2.27. The van der Waals surface area contributed by atoms with E-state index in [1.807, 2.05) is 56.3 Å². The minimum atomic E-state index is -0.277.